The fourth-order valence-corrected chi connectivity index (χ4v) is 2.47. The molecule has 0 radical (unpaired) electrons. The Morgan fingerprint density at radius 3 is 2.28 bits per heavy atom. The lowest BCUT2D eigenvalue weighted by molar-refractivity contribution is -0.0889. The first-order valence-corrected chi connectivity index (χ1v) is 6.83. The number of hydrogen-bond donors (Lipinski definition) is 1. The summed E-state index contributed by atoms with van der Waals surface area (Å²) in [5, 5.41) is 10.5. The van der Waals surface area contributed by atoms with Crippen LogP contribution in [0.5, 0.6) is 0 Å². The van der Waals surface area contributed by atoms with Gasteiger partial charge in [0.05, 0.1) is 18.8 Å². The Kier molecular flexibility index (Phi) is 4.08. The molecule has 1 N–H and O–H groups in total. The monoisotopic (exact) mass is 248 g/mol. The lowest BCUT2D eigenvalue weighted by atomic mass is 9.71. The molecule has 0 saturated heterocycles. The van der Waals surface area contributed by atoms with E-state index in [1.54, 1.807) is 0 Å². The van der Waals surface area contributed by atoms with E-state index in [0.29, 0.717) is 18.6 Å². The summed E-state index contributed by atoms with van der Waals surface area (Å²) in [6.45, 7) is 5.60. The van der Waals surface area contributed by atoms with Crippen LogP contribution in [0.15, 0.2) is 30.3 Å². The van der Waals surface area contributed by atoms with E-state index in [0.717, 1.165) is 31.2 Å². The Morgan fingerprint density at radius 2 is 1.67 bits per heavy atom. The van der Waals surface area contributed by atoms with E-state index in [1.165, 1.54) is 0 Å². The molecule has 2 nitrogen and oxygen atoms in total. The molecule has 0 atom stereocenters. The summed E-state index contributed by atoms with van der Waals surface area (Å²) >= 11 is 0. The van der Waals surface area contributed by atoms with Crippen LogP contribution in [0.4, 0.5) is 0 Å². The van der Waals surface area contributed by atoms with Crippen LogP contribution < -0.4 is 0 Å². The van der Waals surface area contributed by atoms with Crippen molar-refractivity contribution in [2.45, 2.75) is 51.7 Å². The molecule has 0 unspecified atom stereocenters. The molecule has 18 heavy (non-hydrogen) atoms. The molecule has 0 aliphatic heterocycles. The van der Waals surface area contributed by atoms with Crippen molar-refractivity contribution in [3.63, 3.8) is 0 Å². The van der Waals surface area contributed by atoms with Gasteiger partial charge >= 0.3 is 0 Å². The third-order valence-corrected chi connectivity index (χ3v) is 4.02. The first-order valence-electron chi connectivity index (χ1n) is 6.83. The smallest absolute Gasteiger partial charge is 0.0880 e. The molecule has 1 aliphatic carbocycles. The third-order valence-electron chi connectivity index (χ3n) is 4.02. The average molecular weight is 248 g/mol. The Hall–Kier alpha value is -0.860. The third kappa shape index (κ3) is 3.82. The lowest BCUT2D eigenvalue weighted by Gasteiger charge is -2.40. The molecule has 1 aromatic carbocycles. The topological polar surface area (TPSA) is 29.5 Å². The summed E-state index contributed by atoms with van der Waals surface area (Å²) in [5.41, 5.74) is 0.938. The minimum Gasteiger partial charge on any atom is -0.387 e. The van der Waals surface area contributed by atoms with Crippen molar-refractivity contribution in [3.05, 3.63) is 35.9 Å². The quantitative estimate of drug-likeness (QED) is 0.883. The van der Waals surface area contributed by atoms with Gasteiger partial charge in [0, 0.05) is 0 Å². The summed E-state index contributed by atoms with van der Waals surface area (Å²) in [5.74, 6) is 0. The van der Waals surface area contributed by atoms with Crippen LogP contribution in [0.2, 0.25) is 0 Å². The minimum atomic E-state index is -0.607. The highest BCUT2D eigenvalue weighted by molar-refractivity contribution is 5.13. The largest absolute Gasteiger partial charge is 0.387 e. The predicted molar refractivity (Wildman–Crippen MR) is 73.3 cm³/mol. The molecule has 1 saturated carbocycles. The minimum absolute atomic E-state index is 0.381. The van der Waals surface area contributed by atoms with Crippen LogP contribution in [-0.2, 0) is 11.3 Å². The van der Waals surface area contributed by atoms with Gasteiger partial charge in [-0.05, 0) is 36.7 Å². The maximum absolute atomic E-state index is 10.5. The SMILES string of the molecule is CC1(C)CCC(O)(COCc2ccccc2)CC1. The number of benzene rings is 1. The fourth-order valence-electron chi connectivity index (χ4n) is 2.47. The normalized spacial score (nSPS) is 21.7. The van der Waals surface area contributed by atoms with Crippen molar-refractivity contribution in [3.8, 4) is 0 Å². The summed E-state index contributed by atoms with van der Waals surface area (Å²) in [4.78, 5) is 0. The van der Waals surface area contributed by atoms with Gasteiger partial charge < -0.3 is 9.84 Å². The van der Waals surface area contributed by atoms with Gasteiger partial charge in [-0.1, -0.05) is 44.2 Å². The van der Waals surface area contributed by atoms with Gasteiger partial charge in [0.1, 0.15) is 0 Å². The van der Waals surface area contributed by atoms with Crippen molar-refractivity contribution >= 4 is 0 Å². The van der Waals surface area contributed by atoms with Crippen molar-refractivity contribution < 1.29 is 9.84 Å². The van der Waals surface area contributed by atoms with E-state index in [4.69, 9.17) is 4.74 Å². The Labute approximate surface area is 110 Å². The van der Waals surface area contributed by atoms with Gasteiger partial charge in [-0.2, -0.15) is 0 Å². The second-order valence-electron chi connectivity index (χ2n) is 6.37. The second-order valence-corrected chi connectivity index (χ2v) is 6.37. The molecule has 1 aliphatic rings. The Balaban J connectivity index is 1.77. The van der Waals surface area contributed by atoms with Gasteiger partial charge in [-0.3, -0.25) is 0 Å². The average Bonchev–Trinajstić information content (AvgIpc) is 2.35. The maximum Gasteiger partial charge on any atom is 0.0880 e. The van der Waals surface area contributed by atoms with Crippen molar-refractivity contribution in [2.24, 2.45) is 5.41 Å². The van der Waals surface area contributed by atoms with Gasteiger partial charge in [0.15, 0.2) is 0 Å². The van der Waals surface area contributed by atoms with Crippen LogP contribution in [-0.4, -0.2) is 17.3 Å². The highest BCUT2D eigenvalue weighted by Gasteiger charge is 2.36. The first kappa shape index (κ1) is 13.6. The van der Waals surface area contributed by atoms with Crippen LogP contribution >= 0.6 is 0 Å². The zero-order chi connectivity index (χ0) is 13.1. The fraction of sp³-hybridized carbons (Fsp3) is 0.625. The van der Waals surface area contributed by atoms with E-state index < -0.39 is 5.60 Å². The molecule has 2 rings (SSSR count). The summed E-state index contributed by atoms with van der Waals surface area (Å²) in [6, 6.07) is 10.1. The van der Waals surface area contributed by atoms with Crippen LogP contribution in [0.1, 0.15) is 45.1 Å². The van der Waals surface area contributed by atoms with Crippen LogP contribution in [0, 0.1) is 5.41 Å². The molecule has 1 aromatic rings. The molecule has 1 fully saturated rings. The zero-order valence-electron chi connectivity index (χ0n) is 11.5. The van der Waals surface area contributed by atoms with Gasteiger partial charge in [-0.15, -0.1) is 0 Å². The van der Waals surface area contributed by atoms with Crippen molar-refractivity contribution in [1.82, 2.24) is 0 Å². The number of aliphatic hydroxyl groups is 1. The number of hydrogen-bond acceptors (Lipinski definition) is 2. The van der Waals surface area contributed by atoms with E-state index in [-0.39, 0.29) is 0 Å². The molecular weight excluding hydrogens is 224 g/mol. The number of ether oxygens (including phenoxy) is 1. The molecular formula is C16H24O2. The first-order chi connectivity index (χ1) is 8.49. The number of rotatable bonds is 4. The summed E-state index contributed by atoms with van der Waals surface area (Å²) in [6.07, 6.45) is 3.87. The van der Waals surface area contributed by atoms with Gasteiger partial charge in [0.25, 0.3) is 0 Å². The highest BCUT2D eigenvalue weighted by atomic mass is 16.5. The standard InChI is InChI=1S/C16H24O2/c1-15(2)8-10-16(17,11-9-15)13-18-12-14-6-4-3-5-7-14/h3-7,17H,8-13H2,1-2H3. The predicted octanol–water partition coefficient (Wildman–Crippen LogP) is 3.53. The summed E-state index contributed by atoms with van der Waals surface area (Å²) in [7, 11) is 0. The zero-order valence-corrected chi connectivity index (χ0v) is 11.5. The maximum atomic E-state index is 10.5. The molecule has 0 amide bonds. The van der Waals surface area contributed by atoms with Gasteiger partial charge in [0.2, 0.25) is 0 Å². The van der Waals surface area contributed by atoms with Crippen molar-refractivity contribution in [1.29, 1.82) is 0 Å². The molecule has 0 heterocycles. The Bertz CT molecular complexity index is 360. The van der Waals surface area contributed by atoms with E-state index >= 15 is 0 Å². The molecule has 0 aromatic heterocycles. The lowest BCUT2D eigenvalue weighted by Crippen LogP contribution is -2.40. The molecule has 2 heteroatoms. The van der Waals surface area contributed by atoms with E-state index in [1.807, 2.05) is 30.3 Å². The van der Waals surface area contributed by atoms with Crippen molar-refractivity contribution in [2.75, 3.05) is 6.61 Å². The van der Waals surface area contributed by atoms with Gasteiger partial charge in [-0.25, -0.2) is 0 Å². The van der Waals surface area contributed by atoms with Crippen LogP contribution in [0.3, 0.4) is 0 Å². The highest BCUT2D eigenvalue weighted by Crippen LogP contribution is 2.40. The molecule has 100 valence electrons. The molecule has 0 spiro atoms. The van der Waals surface area contributed by atoms with Crippen LogP contribution in [0.25, 0.3) is 0 Å². The Morgan fingerprint density at radius 1 is 1.06 bits per heavy atom. The molecule has 0 bridgehead atoms. The summed E-state index contributed by atoms with van der Waals surface area (Å²) < 4.78 is 5.68. The second kappa shape index (κ2) is 5.41. The van der Waals surface area contributed by atoms with E-state index in [2.05, 4.69) is 13.8 Å². The van der Waals surface area contributed by atoms with E-state index in [9.17, 15) is 5.11 Å².